The van der Waals surface area contributed by atoms with Crippen LogP contribution in [0.15, 0.2) is 23.0 Å². The van der Waals surface area contributed by atoms with Gasteiger partial charge in [0, 0.05) is 16.8 Å². The van der Waals surface area contributed by atoms with E-state index in [1.807, 2.05) is 26.0 Å². The Hall–Kier alpha value is -3.29. The Labute approximate surface area is 212 Å². The van der Waals surface area contributed by atoms with Gasteiger partial charge in [-0.15, -0.1) is 0 Å². The van der Waals surface area contributed by atoms with Gasteiger partial charge in [-0.3, -0.25) is 9.59 Å². The van der Waals surface area contributed by atoms with Gasteiger partial charge in [0.15, 0.2) is 0 Å². The van der Waals surface area contributed by atoms with Crippen molar-refractivity contribution in [1.29, 1.82) is 0 Å². The summed E-state index contributed by atoms with van der Waals surface area (Å²) >= 11 is 0. The number of amides is 1. The Morgan fingerprint density at radius 1 is 1.17 bits per heavy atom. The lowest BCUT2D eigenvalue weighted by Gasteiger charge is -2.26. The number of carbonyl (C=O) groups excluding carboxylic acids is 2. The number of carbonyl (C=O) groups is 2. The lowest BCUT2D eigenvalue weighted by atomic mass is 9.84. The second kappa shape index (κ2) is 12.6. The predicted octanol–water partition coefficient (Wildman–Crippen LogP) is 4.65. The number of aryl methyl sites for hydroxylation is 2. The van der Waals surface area contributed by atoms with Crippen molar-refractivity contribution in [2.24, 2.45) is 5.92 Å². The number of nitrogens with one attached hydrogen (secondary N) is 2. The summed E-state index contributed by atoms with van der Waals surface area (Å²) in [6, 6.07) is 4.59. The third kappa shape index (κ3) is 6.09. The van der Waals surface area contributed by atoms with Crippen molar-refractivity contribution in [1.82, 2.24) is 10.3 Å². The van der Waals surface area contributed by atoms with E-state index in [2.05, 4.69) is 10.3 Å². The molecule has 1 aliphatic carbocycles. The van der Waals surface area contributed by atoms with Crippen LogP contribution in [0.3, 0.4) is 0 Å². The number of aromatic amines is 1. The van der Waals surface area contributed by atoms with Gasteiger partial charge in [0.05, 0.1) is 14.2 Å². The number of esters is 1. The molecule has 1 atom stereocenters. The lowest BCUT2D eigenvalue weighted by molar-refractivity contribution is -0.143. The van der Waals surface area contributed by atoms with Crippen molar-refractivity contribution < 1.29 is 24.2 Å². The number of hydrogen-bond acceptors (Lipinski definition) is 6. The zero-order chi connectivity index (χ0) is 26.2. The quantitative estimate of drug-likeness (QED) is 0.411. The van der Waals surface area contributed by atoms with E-state index < -0.39 is 34.8 Å². The fourth-order valence-corrected chi connectivity index (χ4v) is 5.13. The van der Waals surface area contributed by atoms with Crippen LogP contribution in [-0.4, -0.2) is 42.2 Å². The minimum Gasteiger partial charge on any atom is -0.506 e. The van der Waals surface area contributed by atoms with Crippen LogP contribution in [0.4, 0.5) is 0 Å². The zero-order valence-electron chi connectivity index (χ0n) is 21.7. The maximum absolute atomic E-state index is 13.4. The molecule has 1 heterocycles. The minimum atomic E-state index is -0.902. The highest BCUT2D eigenvalue weighted by Gasteiger charge is 2.31. The molecule has 1 saturated carbocycles. The largest absolute Gasteiger partial charge is 0.506 e. The van der Waals surface area contributed by atoms with Crippen molar-refractivity contribution in [2.75, 3.05) is 14.2 Å². The van der Waals surface area contributed by atoms with Gasteiger partial charge < -0.3 is 24.9 Å². The molecule has 0 bridgehead atoms. The van der Waals surface area contributed by atoms with E-state index in [4.69, 9.17) is 9.47 Å². The molecule has 0 saturated heterocycles. The van der Waals surface area contributed by atoms with E-state index >= 15 is 0 Å². The van der Waals surface area contributed by atoms with Gasteiger partial charge in [0.2, 0.25) is 0 Å². The van der Waals surface area contributed by atoms with Gasteiger partial charge in [-0.2, -0.15) is 0 Å². The molecule has 0 radical (unpaired) electrons. The lowest BCUT2D eigenvalue weighted by Crippen LogP contribution is -2.44. The summed E-state index contributed by atoms with van der Waals surface area (Å²) in [5.41, 5.74) is 1.22. The first-order valence-corrected chi connectivity index (χ1v) is 12.8. The van der Waals surface area contributed by atoms with Crippen molar-refractivity contribution in [3.63, 3.8) is 0 Å². The van der Waals surface area contributed by atoms with Gasteiger partial charge in [0.25, 0.3) is 11.5 Å². The molecule has 1 aromatic heterocycles. The number of aromatic nitrogens is 1. The highest BCUT2D eigenvalue weighted by molar-refractivity contribution is 6.01. The molecule has 8 heteroatoms. The molecule has 1 aromatic carbocycles. The van der Waals surface area contributed by atoms with Crippen molar-refractivity contribution in [3.05, 3.63) is 45.4 Å². The van der Waals surface area contributed by atoms with Gasteiger partial charge in [-0.1, -0.05) is 57.6 Å². The van der Waals surface area contributed by atoms with Crippen LogP contribution in [0.5, 0.6) is 11.5 Å². The minimum absolute atomic E-state index is 0.290. The van der Waals surface area contributed by atoms with Crippen molar-refractivity contribution in [2.45, 2.75) is 77.7 Å². The zero-order valence-corrected chi connectivity index (χ0v) is 21.7. The summed E-state index contributed by atoms with van der Waals surface area (Å²) < 4.78 is 10.5. The molecule has 8 nitrogen and oxygen atoms in total. The third-order valence-electron chi connectivity index (χ3n) is 7.06. The summed E-state index contributed by atoms with van der Waals surface area (Å²) in [6.07, 6.45) is 7.94. The first-order chi connectivity index (χ1) is 17.3. The van der Waals surface area contributed by atoms with Gasteiger partial charge >= 0.3 is 5.97 Å². The molecule has 2 aromatic rings. The van der Waals surface area contributed by atoms with E-state index in [9.17, 15) is 19.5 Å². The number of aromatic hydroxyl groups is 1. The van der Waals surface area contributed by atoms with Crippen LogP contribution in [-0.2, 0) is 16.0 Å². The van der Waals surface area contributed by atoms with Crippen LogP contribution < -0.4 is 15.6 Å². The smallest absolute Gasteiger partial charge is 0.328 e. The van der Waals surface area contributed by atoms with Crippen LogP contribution in [0, 0.1) is 12.8 Å². The van der Waals surface area contributed by atoms with E-state index in [1.165, 1.54) is 20.6 Å². The van der Waals surface area contributed by atoms with Crippen LogP contribution in [0.2, 0.25) is 0 Å². The van der Waals surface area contributed by atoms with Crippen molar-refractivity contribution >= 4 is 11.9 Å². The Morgan fingerprint density at radius 3 is 2.53 bits per heavy atom. The summed E-state index contributed by atoms with van der Waals surface area (Å²) in [6.45, 7) is 3.91. The van der Waals surface area contributed by atoms with Gasteiger partial charge in [-0.25, -0.2) is 4.79 Å². The summed E-state index contributed by atoms with van der Waals surface area (Å²) in [5.74, 6) is -0.985. The molecule has 1 unspecified atom stereocenters. The molecular formula is C28H38N2O6. The molecule has 3 rings (SSSR count). The second-order valence-corrected chi connectivity index (χ2v) is 9.58. The van der Waals surface area contributed by atoms with E-state index in [-0.39, 0.29) is 0 Å². The summed E-state index contributed by atoms with van der Waals surface area (Å²) in [7, 11) is 2.81. The number of ether oxygens (including phenoxy) is 2. The molecule has 0 spiro atoms. The Kier molecular flexibility index (Phi) is 9.56. The fraction of sp³-hybridized carbons (Fsp3) is 0.536. The standard InChI is InChI=1S/C28H38N2O6/c1-5-6-14-19-23(22-17(2)11-10-15-21(22)35-3)25(31)24(26(32)29-19)27(33)30-20(28(34)36-4)16-18-12-8-7-9-13-18/h10-11,15,18,20H,5-9,12-14,16H2,1-4H3,(H,30,33)(H2,29,31,32). The molecule has 1 fully saturated rings. The Bertz CT molecular complexity index is 1130. The summed E-state index contributed by atoms with van der Waals surface area (Å²) in [5, 5.41) is 14.1. The first-order valence-electron chi connectivity index (χ1n) is 12.8. The number of unbranched alkanes of at least 4 members (excludes halogenated alkanes) is 1. The molecule has 1 aliphatic rings. The van der Waals surface area contributed by atoms with Crippen LogP contribution in [0.25, 0.3) is 11.1 Å². The van der Waals surface area contributed by atoms with E-state index in [0.717, 1.165) is 44.1 Å². The first kappa shape index (κ1) is 27.3. The number of methoxy groups -OCH3 is 2. The third-order valence-corrected chi connectivity index (χ3v) is 7.06. The topological polar surface area (TPSA) is 118 Å². The molecule has 196 valence electrons. The summed E-state index contributed by atoms with van der Waals surface area (Å²) in [4.78, 5) is 41.8. The molecule has 1 amide bonds. The molecule has 3 N–H and O–H groups in total. The number of hydrogen-bond donors (Lipinski definition) is 3. The number of benzene rings is 1. The molecule has 0 aliphatic heterocycles. The Balaban J connectivity index is 2.06. The maximum Gasteiger partial charge on any atom is 0.328 e. The average molecular weight is 499 g/mol. The van der Waals surface area contributed by atoms with Gasteiger partial charge in [0.1, 0.15) is 23.1 Å². The highest BCUT2D eigenvalue weighted by atomic mass is 16.5. The monoisotopic (exact) mass is 498 g/mol. The van der Waals surface area contributed by atoms with Crippen LogP contribution in [0.1, 0.15) is 79.9 Å². The predicted molar refractivity (Wildman–Crippen MR) is 139 cm³/mol. The van der Waals surface area contributed by atoms with Crippen molar-refractivity contribution in [3.8, 4) is 22.6 Å². The fourth-order valence-electron chi connectivity index (χ4n) is 5.13. The average Bonchev–Trinajstić information content (AvgIpc) is 2.87. The number of pyridine rings is 1. The molecule has 36 heavy (non-hydrogen) atoms. The Morgan fingerprint density at radius 2 is 1.89 bits per heavy atom. The maximum atomic E-state index is 13.4. The number of H-pyrrole nitrogens is 1. The second-order valence-electron chi connectivity index (χ2n) is 9.58. The molecular weight excluding hydrogens is 460 g/mol. The van der Waals surface area contributed by atoms with E-state index in [1.54, 1.807) is 6.07 Å². The van der Waals surface area contributed by atoms with Gasteiger partial charge in [-0.05, 0) is 43.7 Å². The normalized spacial score (nSPS) is 14.8. The SMILES string of the molecule is CCCCc1[nH]c(=O)c(C(=O)NC(CC2CCCCC2)C(=O)OC)c(O)c1-c1c(C)cccc1OC. The van der Waals surface area contributed by atoms with E-state index in [0.29, 0.717) is 41.3 Å². The highest BCUT2D eigenvalue weighted by Crippen LogP contribution is 2.41. The van der Waals surface area contributed by atoms with Crippen LogP contribution >= 0.6 is 0 Å². The number of rotatable bonds is 10.